The van der Waals surface area contributed by atoms with E-state index < -0.39 is 6.09 Å². The van der Waals surface area contributed by atoms with Gasteiger partial charge in [0, 0.05) is 24.2 Å². The molecule has 24 heavy (non-hydrogen) atoms. The fourth-order valence-corrected chi connectivity index (χ4v) is 2.33. The quantitative estimate of drug-likeness (QED) is 0.716. The predicted molar refractivity (Wildman–Crippen MR) is 91.4 cm³/mol. The molecule has 0 aliphatic rings. The van der Waals surface area contributed by atoms with Gasteiger partial charge in [-0.05, 0) is 37.6 Å². The number of carbonyl (C=O) groups is 1. The van der Waals surface area contributed by atoms with Crippen molar-refractivity contribution in [3.63, 3.8) is 0 Å². The molecule has 1 amide bonds. The molecule has 0 unspecified atom stereocenters. The van der Waals surface area contributed by atoms with Gasteiger partial charge < -0.3 is 10.5 Å². The van der Waals surface area contributed by atoms with Crippen molar-refractivity contribution in [3.05, 3.63) is 30.6 Å². The molecule has 0 saturated carbocycles. The van der Waals surface area contributed by atoms with Crippen molar-refractivity contribution in [1.29, 1.82) is 0 Å². The largest absolute Gasteiger partial charge is 0.447 e. The van der Waals surface area contributed by atoms with Crippen LogP contribution in [-0.4, -0.2) is 32.2 Å². The van der Waals surface area contributed by atoms with E-state index in [1.165, 1.54) is 0 Å². The summed E-state index contributed by atoms with van der Waals surface area (Å²) in [5.74, 6) is 0.302. The highest BCUT2D eigenvalue weighted by Gasteiger charge is 2.11. The first-order valence-corrected chi connectivity index (χ1v) is 7.46. The third-order valence-corrected chi connectivity index (χ3v) is 3.33. The number of anilines is 2. The molecule has 3 aromatic rings. The first kappa shape index (κ1) is 15.7. The van der Waals surface area contributed by atoms with Crippen LogP contribution in [0.15, 0.2) is 30.6 Å². The second-order valence-electron chi connectivity index (χ2n) is 5.71. The highest BCUT2D eigenvalue weighted by Crippen LogP contribution is 2.28. The lowest BCUT2D eigenvalue weighted by molar-refractivity contribution is 0.130. The van der Waals surface area contributed by atoms with Crippen LogP contribution in [0.25, 0.3) is 22.0 Å². The molecule has 2 heterocycles. The number of nitrogens with two attached hydrogens (primary N) is 1. The molecule has 2 aromatic heterocycles. The normalized spacial score (nSPS) is 11.0. The van der Waals surface area contributed by atoms with Gasteiger partial charge in [0.25, 0.3) is 0 Å². The van der Waals surface area contributed by atoms with Crippen LogP contribution in [-0.2, 0) is 11.8 Å². The first-order chi connectivity index (χ1) is 11.4. The average molecular weight is 326 g/mol. The molecule has 0 saturated heterocycles. The van der Waals surface area contributed by atoms with Crippen molar-refractivity contribution in [2.45, 2.75) is 20.0 Å². The Morgan fingerprint density at radius 1 is 1.25 bits per heavy atom. The summed E-state index contributed by atoms with van der Waals surface area (Å²) in [6, 6.07) is 5.46. The van der Waals surface area contributed by atoms with Crippen LogP contribution in [0.1, 0.15) is 13.8 Å². The Balaban J connectivity index is 1.97. The van der Waals surface area contributed by atoms with Crippen molar-refractivity contribution < 1.29 is 9.53 Å². The molecule has 8 nitrogen and oxygen atoms in total. The summed E-state index contributed by atoms with van der Waals surface area (Å²) >= 11 is 0. The highest BCUT2D eigenvalue weighted by atomic mass is 16.6. The van der Waals surface area contributed by atoms with Crippen LogP contribution in [0.5, 0.6) is 0 Å². The number of fused-ring (bicyclic) bond motifs is 1. The summed E-state index contributed by atoms with van der Waals surface area (Å²) in [6.07, 6.45) is 2.87. The van der Waals surface area contributed by atoms with E-state index >= 15 is 0 Å². The van der Waals surface area contributed by atoms with E-state index in [1.54, 1.807) is 30.8 Å². The number of nitrogens with zero attached hydrogens (tertiary/aromatic N) is 4. The van der Waals surface area contributed by atoms with E-state index in [0.717, 1.165) is 16.5 Å². The van der Waals surface area contributed by atoms with Crippen molar-refractivity contribution in [3.8, 4) is 11.1 Å². The summed E-state index contributed by atoms with van der Waals surface area (Å²) in [7, 11) is 1.85. The number of aromatic nitrogens is 4. The number of ether oxygens (including phenoxy) is 1. The average Bonchev–Trinajstić information content (AvgIpc) is 2.92. The van der Waals surface area contributed by atoms with Gasteiger partial charge in [-0.3, -0.25) is 10.00 Å². The summed E-state index contributed by atoms with van der Waals surface area (Å²) in [5, 5.41) is 15.5. The van der Waals surface area contributed by atoms with Gasteiger partial charge in [0.2, 0.25) is 0 Å². The van der Waals surface area contributed by atoms with Crippen molar-refractivity contribution in [2.24, 2.45) is 7.05 Å². The summed E-state index contributed by atoms with van der Waals surface area (Å²) in [4.78, 5) is 11.7. The molecule has 0 spiro atoms. The standard InChI is InChI=1S/C16H18N6O2/c1-9(2)24-16(23)19-14-6-11-4-10(12-7-18-22(3)8-12)5-13(17)15(11)21-20-14/h4-9H,17H2,1-3H3,(H,19,20,23). The maximum absolute atomic E-state index is 11.7. The molecule has 0 radical (unpaired) electrons. The van der Waals surface area contributed by atoms with Crippen LogP contribution in [0, 0.1) is 0 Å². The molecule has 3 rings (SSSR count). The number of hydrogen-bond acceptors (Lipinski definition) is 6. The Morgan fingerprint density at radius 2 is 2.04 bits per heavy atom. The van der Waals surface area contributed by atoms with Gasteiger partial charge in [0.1, 0.15) is 5.52 Å². The Hall–Kier alpha value is -3.16. The SMILES string of the molecule is CC(C)OC(=O)Nc1cc2cc(-c3cnn(C)c3)cc(N)c2nn1. The molecule has 0 bridgehead atoms. The fourth-order valence-electron chi connectivity index (χ4n) is 2.33. The predicted octanol–water partition coefficient (Wildman–Crippen LogP) is 2.57. The van der Waals surface area contributed by atoms with Crippen molar-refractivity contribution >= 4 is 28.5 Å². The van der Waals surface area contributed by atoms with Crippen LogP contribution >= 0.6 is 0 Å². The Kier molecular flexibility index (Phi) is 4.03. The van der Waals surface area contributed by atoms with Crippen molar-refractivity contribution in [1.82, 2.24) is 20.0 Å². The number of nitrogen functional groups attached to an aromatic ring is 1. The van der Waals surface area contributed by atoms with Gasteiger partial charge in [-0.25, -0.2) is 4.79 Å². The summed E-state index contributed by atoms with van der Waals surface area (Å²) in [5.41, 5.74) is 9.02. The van der Waals surface area contributed by atoms with Crippen molar-refractivity contribution in [2.75, 3.05) is 11.1 Å². The van der Waals surface area contributed by atoms with Crippen LogP contribution in [0.3, 0.4) is 0 Å². The number of carbonyl (C=O) groups excluding carboxylic acids is 1. The zero-order chi connectivity index (χ0) is 17.3. The second kappa shape index (κ2) is 6.15. The molecule has 0 aliphatic carbocycles. The van der Waals surface area contributed by atoms with Gasteiger partial charge in [0.05, 0.1) is 18.0 Å². The van der Waals surface area contributed by atoms with E-state index in [-0.39, 0.29) is 6.10 Å². The smallest absolute Gasteiger partial charge is 0.413 e. The lowest BCUT2D eigenvalue weighted by atomic mass is 10.1. The monoisotopic (exact) mass is 326 g/mol. The molecule has 124 valence electrons. The fraction of sp³-hybridized carbons (Fsp3) is 0.250. The topological polar surface area (TPSA) is 108 Å². The van der Waals surface area contributed by atoms with E-state index in [9.17, 15) is 4.79 Å². The number of hydrogen-bond donors (Lipinski definition) is 2. The van der Waals surface area contributed by atoms with Gasteiger partial charge in [0.15, 0.2) is 5.82 Å². The number of amides is 1. The lowest BCUT2D eigenvalue weighted by Crippen LogP contribution is -2.18. The molecular formula is C16H18N6O2. The molecule has 8 heteroatoms. The van der Waals surface area contributed by atoms with Gasteiger partial charge in [-0.2, -0.15) is 5.10 Å². The third-order valence-electron chi connectivity index (χ3n) is 3.33. The second-order valence-corrected chi connectivity index (χ2v) is 5.71. The molecule has 0 atom stereocenters. The minimum absolute atomic E-state index is 0.216. The minimum Gasteiger partial charge on any atom is -0.447 e. The zero-order valence-electron chi connectivity index (χ0n) is 13.6. The maximum atomic E-state index is 11.7. The Morgan fingerprint density at radius 3 is 2.71 bits per heavy atom. The Labute approximate surface area is 138 Å². The zero-order valence-corrected chi connectivity index (χ0v) is 13.6. The maximum Gasteiger partial charge on any atom is 0.413 e. The number of nitrogens with one attached hydrogen (secondary N) is 1. The van der Waals surface area contributed by atoms with Gasteiger partial charge >= 0.3 is 6.09 Å². The molecular weight excluding hydrogens is 308 g/mol. The van der Waals surface area contributed by atoms with E-state index in [0.29, 0.717) is 17.0 Å². The van der Waals surface area contributed by atoms with E-state index in [4.69, 9.17) is 10.5 Å². The van der Waals surface area contributed by atoms with E-state index in [2.05, 4.69) is 20.6 Å². The van der Waals surface area contributed by atoms with Crippen LogP contribution < -0.4 is 11.1 Å². The van der Waals surface area contributed by atoms with Gasteiger partial charge in [-0.1, -0.05) is 0 Å². The third kappa shape index (κ3) is 3.27. The van der Waals surface area contributed by atoms with Gasteiger partial charge in [-0.15, -0.1) is 10.2 Å². The molecule has 1 aromatic carbocycles. The number of rotatable bonds is 3. The molecule has 3 N–H and O–H groups in total. The highest BCUT2D eigenvalue weighted by molar-refractivity contribution is 5.95. The lowest BCUT2D eigenvalue weighted by Gasteiger charge is -2.10. The molecule has 0 fully saturated rings. The van der Waals surface area contributed by atoms with E-state index in [1.807, 2.05) is 25.4 Å². The number of benzene rings is 1. The number of aryl methyl sites for hydroxylation is 1. The summed E-state index contributed by atoms with van der Waals surface area (Å²) < 4.78 is 6.75. The first-order valence-electron chi connectivity index (χ1n) is 7.46. The molecule has 0 aliphatic heterocycles. The minimum atomic E-state index is -0.574. The van der Waals surface area contributed by atoms with Crippen LogP contribution in [0.4, 0.5) is 16.3 Å². The Bertz CT molecular complexity index is 903. The van der Waals surface area contributed by atoms with Crippen LogP contribution in [0.2, 0.25) is 0 Å². The summed E-state index contributed by atoms with van der Waals surface area (Å²) in [6.45, 7) is 3.54.